The Morgan fingerprint density at radius 3 is 2.18 bits per heavy atom. The number of sulfonamides is 1. The van der Waals surface area contributed by atoms with Gasteiger partial charge in [-0.2, -0.15) is 0 Å². The molecule has 0 spiro atoms. The van der Waals surface area contributed by atoms with Gasteiger partial charge in [0.25, 0.3) is 10.0 Å². The molecule has 0 aliphatic heterocycles. The van der Waals surface area contributed by atoms with E-state index < -0.39 is 28.5 Å². The fourth-order valence-electron chi connectivity index (χ4n) is 4.18. The third-order valence-electron chi connectivity index (χ3n) is 6.05. The zero-order chi connectivity index (χ0) is 28.4. The summed E-state index contributed by atoms with van der Waals surface area (Å²) in [5, 5.41) is 3.18. The van der Waals surface area contributed by atoms with Crippen LogP contribution in [0.2, 0.25) is 5.02 Å². The number of nitrogens with zero attached hydrogens (tertiary/aromatic N) is 2. The highest BCUT2D eigenvalue weighted by Crippen LogP contribution is 2.33. The molecule has 0 fully saturated rings. The van der Waals surface area contributed by atoms with Crippen LogP contribution in [0.5, 0.6) is 5.75 Å². The van der Waals surface area contributed by atoms with E-state index in [1.807, 2.05) is 37.3 Å². The van der Waals surface area contributed by atoms with E-state index in [9.17, 15) is 18.0 Å². The summed E-state index contributed by atoms with van der Waals surface area (Å²) in [4.78, 5) is 28.4. The van der Waals surface area contributed by atoms with Gasteiger partial charge in [-0.05, 0) is 62.2 Å². The molecule has 8 nitrogen and oxygen atoms in total. The molecule has 0 radical (unpaired) electrons. The third kappa shape index (κ3) is 7.52. The molecule has 1 unspecified atom stereocenters. The Bertz CT molecular complexity index is 1350. The van der Waals surface area contributed by atoms with Crippen LogP contribution in [0, 0.1) is 0 Å². The first-order chi connectivity index (χ1) is 18.7. The van der Waals surface area contributed by atoms with Crippen LogP contribution in [-0.4, -0.2) is 50.9 Å². The molecule has 0 saturated heterocycles. The van der Waals surface area contributed by atoms with Gasteiger partial charge in [-0.1, -0.05) is 61.0 Å². The van der Waals surface area contributed by atoms with Crippen molar-refractivity contribution in [2.75, 3.05) is 24.0 Å². The molecule has 3 aromatic rings. The van der Waals surface area contributed by atoms with Crippen molar-refractivity contribution >= 4 is 39.1 Å². The Balaban J connectivity index is 2.10. The number of benzene rings is 3. The van der Waals surface area contributed by atoms with Crippen molar-refractivity contribution in [1.82, 2.24) is 10.2 Å². The van der Waals surface area contributed by atoms with Crippen molar-refractivity contribution < 1.29 is 22.7 Å². The average Bonchev–Trinajstić information content (AvgIpc) is 2.93. The van der Waals surface area contributed by atoms with Crippen LogP contribution in [0.1, 0.15) is 32.8 Å². The van der Waals surface area contributed by atoms with E-state index in [2.05, 4.69) is 5.32 Å². The summed E-state index contributed by atoms with van der Waals surface area (Å²) in [6.45, 7) is 5.71. The van der Waals surface area contributed by atoms with Gasteiger partial charge in [-0.15, -0.1) is 0 Å². The number of ether oxygens (including phenoxy) is 1. The molecule has 39 heavy (non-hydrogen) atoms. The minimum absolute atomic E-state index is 0.0311. The number of amides is 2. The SMILES string of the molecule is CCNC(=O)C(CC)N(Cc1ccccc1)C(=O)CN(c1ccccc1OCC)S(=O)(=O)c1ccc(Cl)cc1. The van der Waals surface area contributed by atoms with E-state index in [1.54, 1.807) is 38.1 Å². The van der Waals surface area contributed by atoms with E-state index >= 15 is 0 Å². The summed E-state index contributed by atoms with van der Waals surface area (Å²) >= 11 is 6.01. The van der Waals surface area contributed by atoms with Gasteiger partial charge < -0.3 is 15.0 Å². The Kier molecular flexibility index (Phi) is 10.8. The molecule has 3 aromatic carbocycles. The van der Waals surface area contributed by atoms with E-state index in [0.717, 1.165) is 9.87 Å². The summed E-state index contributed by atoms with van der Waals surface area (Å²) in [5.74, 6) is -0.511. The predicted octanol–water partition coefficient (Wildman–Crippen LogP) is 4.88. The number of halogens is 1. The second-order valence-corrected chi connectivity index (χ2v) is 11.0. The third-order valence-corrected chi connectivity index (χ3v) is 8.07. The number of carbonyl (C=O) groups excluding carboxylic acids is 2. The lowest BCUT2D eigenvalue weighted by Crippen LogP contribution is -2.52. The number of nitrogens with one attached hydrogen (secondary N) is 1. The van der Waals surface area contributed by atoms with Gasteiger partial charge in [0, 0.05) is 18.1 Å². The quantitative estimate of drug-likeness (QED) is 0.315. The van der Waals surface area contributed by atoms with E-state index in [-0.39, 0.29) is 23.0 Å². The fraction of sp³-hybridized carbons (Fsp3) is 0.310. The summed E-state index contributed by atoms with van der Waals surface area (Å²) in [6.07, 6.45) is 0.351. The van der Waals surface area contributed by atoms with Gasteiger partial charge in [0.1, 0.15) is 18.3 Å². The maximum absolute atomic E-state index is 14.0. The molecule has 10 heteroatoms. The van der Waals surface area contributed by atoms with Gasteiger partial charge in [-0.25, -0.2) is 8.42 Å². The summed E-state index contributed by atoms with van der Waals surface area (Å²) in [6, 6.07) is 20.9. The standard InChI is InChI=1S/C29H34ClN3O5S/c1-4-25(29(35)31-5-2)32(20-22-12-8-7-9-13-22)28(34)21-33(26-14-10-11-15-27(26)38-6-3)39(36,37)24-18-16-23(30)17-19-24/h7-19,25H,4-6,20-21H2,1-3H3,(H,31,35). The maximum Gasteiger partial charge on any atom is 0.264 e. The number of anilines is 1. The first-order valence-electron chi connectivity index (χ1n) is 12.8. The number of likely N-dealkylation sites (N-methyl/N-ethyl adjacent to an activating group) is 1. The second kappa shape index (κ2) is 14.0. The minimum Gasteiger partial charge on any atom is -0.492 e. The number of rotatable bonds is 13. The number of carbonyl (C=O) groups is 2. The summed E-state index contributed by atoms with van der Waals surface area (Å²) in [5.41, 5.74) is 1.03. The first kappa shape index (κ1) is 30.0. The van der Waals surface area contributed by atoms with E-state index in [0.29, 0.717) is 30.3 Å². The van der Waals surface area contributed by atoms with Crippen LogP contribution in [0.25, 0.3) is 0 Å². The Morgan fingerprint density at radius 1 is 0.923 bits per heavy atom. The van der Waals surface area contributed by atoms with Crippen molar-refractivity contribution in [3.05, 3.63) is 89.4 Å². The van der Waals surface area contributed by atoms with E-state index in [1.165, 1.54) is 29.2 Å². The zero-order valence-electron chi connectivity index (χ0n) is 22.3. The van der Waals surface area contributed by atoms with Crippen molar-refractivity contribution in [3.63, 3.8) is 0 Å². The Hall–Kier alpha value is -3.56. The van der Waals surface area contributed by atoms with Crippen molar-refractivity contribution in [1.29, 1.82) is 0 Å². The van der Waals surface area contributed by atoms with Crippen LogP contribution in [0.15, 0.2) is 83.8 Å². The van der Waals surface area contributed by atoms with Crippen molar-refractivity contribution in [2.24, 2.45) is 0 Å². The molecular weight excluding hydrogens is 538 g/mol. The molecule has 0 bridgehead atoms. The molecule has 0 aliphatic rings. The zero-order valence-corrected chi connectivity index (χ0v) is 23.9. The topological polar surface area (TPSA) is 96.0 Å². The van der Waals surface area contributed by atoms with Crippen LogP contribution in [0.3, 0.4) is 0 Å². The lowest BCUT2D eigenvalue weighted by Gasteiger charge is -2.33. The molecule has 1 atom stereocenters. The Labute approximate surface area is 235 Å². The van der Waals surface area contributed by atoms with Gasteiger partial charge in [0.2, 0.25) is 11.8 Å². The average molecular weight is 572 g/mol. The monoisotopic (exact) mass is 571 g/mol. The molecule has 0 saturated carbocycles. The number of hydrogen-bond donors (Lipinski definition) is 1. The smallest absolute Gasteiger partial charge is 0.264 e. The van der Waals surface area contributed by atoms with Gasteiger partial charge in [0.15, 0.2) is 0 Å². The number of hydrogen-bond acceptors (Lipinski definition) is 5. The van der Waals surface area contributed by atoms with Crippen LogP contribution in [-0.2, 0) is 26.2 Å². The molecular formula is C29H34ClN3O5S. The van der Waals surface area contributed by atoms with Gasteiger partial charge in [0.05, 0.1) is 17.2 Å². The summed E-state index contributed by atoms with van der Waals surface area (Å²) in [7, 11) is -4.23. The molecule has 1 N–H and O–H groups in total. The molecule has 2 amide bonds. The highest BCUT2D eigenvalue weighted by atomic mass is 35.5. The van der Waals surface area contributed by atoms with E-state index in [4.69, 9.17) is 16.3 Å². The van der Waals surface area contributed by atoms with Crippen LogP contribution in [0.4, 0.5) is 5.69 Å². The van der Waals surface area contributed by atoms with Crippen molar-refractivity contribution in [3.8, 4) is 5.75 Å². The minimum atomic E-state index is -4.23. The van der Waals surface area contributed by atoms with Gasteiger partial charge in [-0.3, -0.25) is 13.9 Å². The largest absolute Gasteiger partial charge is 0.492 e. The molecule has 0 heterocycles. The van der Waals surface area contributed by atoms with Crippen molar-refractivity contribution in [2.45, 2.75) is 44.7 Å². The predicted molar refractivity (Wildman–Crippen MR) is 153 cm³/mol. The summed E-state index contributed by atoms with van der Waals surface area (Å²) < 4.78 is 34.7. The lowest BCUT2D eigenvalue weighted by atomic mass is 10.1. The molecule has 0 aliphatic carbocycles. The van der Waals surface area contributed by atoms with Gasteiger partial charge >= 0.3 is 0 Å². The molecule has 3 rings (SSSR count). The highest BCUT2D eigenvalue weighted by molar-refractivity contribution is 7.92. The lowest BCUT2D eigenvalue weighted by molar-refractivity contribution is -0.140. The Morgan fingerprint density at radius 2 is 1.56 bits per heavy atom. The molecule has 0 aromatic heterocycles. The van der Waals surface area contributed by atoms with Crippen LogP contribution < -0.4 is 14.4 Å². The highest BCUT2D eigenvalue weighted by Gasteiger charge is 2.34. The first-order valence-corrected chi connectivity index (χ1v) is 14.7. The molecule has 208 valence electrons. The second-order valence-electron chi connectivity index (χ2n) is 8.69. The van der Waals surface area contributed by atoms with Crippen LogP contribution >= 0.6 is 11.6 Å². The maximum atomic E-state index is 14.0. The number of para-hydroxylation sites is 2. The normalized spacial score (nSPS) is 11.9. The fourth-order valence-corrected chi connectivity index (χ4v) is 5.73.